The Hall–Kier alpha value is -4.20. The molecule has 1 fully saturated rings. The van der Waals surface area contributed by atoms with Crippen LogP contribution in [0.2, 0.25) is 0 Å². The molecule has 0 aliphatic carbocycles. The second-order valence-electron chi connectivity index (χ2n) is 7.91. The highest BCUT2D eigenvalue weighted by Gasteiger charge is 2.38. The number of pyridine rings is 1. The van der Waals surface area contributed by atoms with Gasteiger partial charge in [0.25, 0.3) is 0 Å². The summed E-state index contributed by atoms with van der Waals surface area (Å²) >= 11 is 0. The van der Waals surface area contributed by atoms with Gasteiger partial charge in [-0.1, -0.05) is 18.2 Å². The van der Waals surface area contributed by atoms with Gasteiger partial charge < -0.3 is 19.6 Å². The maximum Gasteiger partial charge on any atom is 0.338 e. The predicted molar refractivity (Wildman–Crippen MR) is 126 cm³/mol. The maximum absolute atomic E-state index is 13.6. The Kier molecular flexibility index (Phi) is 6.87. The minimum Gasteiger partial charge on any atom is -0.506 e. The average Bonchev–Trinajstić information content (AvgIpc) is 3.25. The number of nitrogens with zero attached hydrogens (tertiary/aromatic N) is 3. The second kappa shape index (κ2) is 10.2. The van der Waals surface area contributed by atoms with Crippen molar-refractivity contribution in [1.82, 2.24) is 4.98 Å². The average molecular weight is 460 g/mol. The van der Waals surface area contributed by atoms with Crippen LogP contribution in [0.15, 0.2) is 72.9 Å². The molecule has 2 aromatic carbocycles. The van der Waals surface area contributed by atoms with E-state index in [9.17, 15) is 19.5 Å². The Bertz CT molecular complexity index is 1180. The standard InChI is InChI=1S/C26H25N3O5/c1-2-34-26(33)18-10-12-21(13-11-18)28-16-19(15-24(28)31)25(32)29(17-20-7-5-6-14-27-20)22-8-3-4-9-23(22)30/h3-14,19,30H,2,15-17H2,1H3. The van der Waals surface area contributed by atoms with Gasteiger partial charge in [-0.25, -0.2) is 4.79 Å². The fourth-order valence-electron chi connectivity index (χ4n) is 3.96. The first-order valence-electron chi connectivity index (χ1n) is 11.0. The minimum atomic E-state index is -0.597. The van der Waals surface area contributed by atoms with E-state index in [0.29, 0.717) is 22.6 Å². The molecule has 1 aromatic heterocycles. The lowest BCUT2D eigenvalue weighted by atomic mass is 10.1. The highest BCUT2D eigenvalue weighted by atomic mass is 16.5. The molecular formula is C26H25N3O5. The van der Waals surface area contributed by atoms with Crippen LogP contribution in [0.5, 0.6) is 5.75 Å². The molecule has 0 radical (unpaired) electrons. The normalized spacial score (nSPS) is 15.3. The second-order valence-corrected chi connectivity index (χ2v) is 7.91. The molecule has 1 aliphatic heterocycles. The van der Waals surface area contributed by atoms with Crippen LogP contribution in [0, 0.1) is 5.92 Å². The Labute approximate surface area is 197 Å². The van der Waals surface area contributed by atoms with E-state index in [4.69, 9.17) is 4.74 Å². The van der Waals surface area contributed by atoms with Crippen LogP contribution in [0.1, 0.15) is 29.4 Å². The van der Waals surface area contributed by atoms with Gasteiger partial charge in [-0.2, -0.15) is 0 Å². The molecule has 4 rings (SSSR count). The zero-order chi connectivity index (χ0) is 24.1. The lowest BCUT2D eigenvalue weighted by molar-refractivity contribution is -0.124. The topological polar surface area (TPSA) is 100 Å². The number of rotatable bonds is 7. The number of hydrogen-bond donors (Lipinski definition) is 1. The number of aromatic hydroxyl groups is 1. The highest BCUT2D eigenvalue weighted by molar-refractivity contribution is 6.05. The number of amides is 2. The van der Waals surface area contributed by atoms with Crippen molar-refractivity contribution < 1.29 is 24.2 Å². The first-order valence-corrected chi connectivity index (χ1v) is 11.0. The highest BCUT2D eigenvalue weighted by Crippen LogP contribution is 2.32. The lowest BCUT2D eigenvalue weighted by Crippen LogP contribution is -2.37. The van der Waals surface area contributed by atoms with Gasteiger partial charge in [0.1, 0.15) is 5.75 Å². The van der Waals surface area contributed by atoms with Gasteiger partial charge in [-0.3, -0.25) is 14.6 Å². The van der Waals surface area contributed by atoms with E-state index in [0.717, 1.165) is 0 Å². The molecule has 174 valence electrons. The van der Waals surface area contributed by atoms with Crippen LogP contribution in [0.3, 0.4) is 0 Å². The number of ether oxygens (including phenoxy) is 1. The molecule has 3 aromatic rings. The summed E-state index contributed by atoms with van der Waals surface area (Å²) in [6.45, 7) is 2.37. The molecular weight excluding hydrogens is 434 g/mol. The Morgan fingerprint density at radius 1 is 1.09 bits per heavy atom. The molecule has 1 atom stereocenters. The van der Waals surface area contributed by atoms with Crippen LogP contribution >= 0.6 is 0 Å². The first-order chi connectivity index (χ1) is 16.5. The molecule has 1 saturated heterocycles. The van der Waals surface area contributed by atoms with E-state index < -0.39 is 11.9 Å². The molecule has 34 heavy (non-hydrogen) atoms. The lowest BCUT2D eigenvalue weighted by Gasteiger charge is -2.26. The van der Waals surface area contributed by atoms with E-state index in [1.807, 2.05) is 6.07 Å². The molecule has 0 spiro atoms. The SMILES string of the molecule is CCOC(=O)c1ccc(N2CC(C(=O)N(Cc3ccccn3)c3ccccc3O)CC2=O)cc1. The largest absolute Gasteiger partial charge is 0.506 e. The predicted octanol–water partition coefficient (Wildman–Crippen LogP) is 3.55. The van der Waals surface area contributed by atoms with Crippen LogP contribution in [-0.4, -0.2) is 41.0 Å². The molecule has 0 saturated carbocycles. The van der Waals surface area contributed by atoms with E-state index in [2.05, 4.69) is 4.98 Å². The molecule has 0 bridgehead atoms. The number of anilines is 2. The molecule has 1 aliphatic rings. The van der Waals surface area contributed by atoms with Crippen molar-refractivity contribution in [2.75, 3.05) is 23.0 Å². The van der Waals surface area contributed by atoms with Crippen molar-refractivity contribution in [2.24, 2.45) is 5.92 Å². The molecule has 8 nitrogen and oxygen atoms in total. The quantitative estimate of drug-likeness (QED) is 0.543. The van der Waals surface area contributed by atoms with Gasteiger partial charge in [0.2, 0.25) is 11.8 Å². The number of phenols is 1. The fraction of sp³-hybridized carbons (Fsp3) is 0.231. The van der Waals surface area contributed by atoms with E-state index in [1.54, 1.807) is 72.6 Å². The number of benzene rings is 2. The van der Waals surface area contributed by atoms with Crippen molar-refractivity contribution in [2.45, 2.75) is 19.9 Å². The number of esters is 1. The number of para-hydroxylation sites is 2. The van der Waals surface area contributed by atoms with Gasteiger partial charge in [-0.15, -0.1) is 0 Å². The first kappa shape index (κ1) is 23.0. The van der Waals surface area contributed by atoms with E-state index >= 15 is 0 Å². The number of carbonyl (C=O) groups excluding carboxylic acids is 3. The van der Waals surface area contributed by atoms with Crippen LogP contribution in [0.4, 0.5) is 11.4 Å². The van der Waals surface area contributed by atoms with Crippen LogP contribution in [0.25, 0.3) is 0 Å². The molecule has 2 amide bonds. The van der Waals surface area contributed by atoms with Gasteiger partial charge in [0, 0.05) is 24.8 Å². The molecule has 1 N–H and O–H groups in total. The van der Waals surface area contributed by atoms with Gasteiger partial charge in [0.15, 0.2) is 0 Å². The third-order valence-electron chi connectivity index (χ3n) is 5.65. The van der Waals surface area contributed by atoms with Crippen molar-refractivity contribution >= 4 is 29.2 Å². The van der Waals surface area contributed by atoms with Crippen molar-refractivity contribution in [3.05, 3.63) is 84.2 Å². The third kappa shape index (κ3) is 4.91. The summed E-state index contributed by atoms with van der Waals surface area (Å²) in [7, 11) is 0. The maximum atomic E-state index is 13.6. The summed E-state index contributed by atoms with van der Waals surface area (Å²) in [6.07, 6.45) is 1.69. The summed E-state index contributed by atoms with van der Waals surface area (Å²) in [4.78, 5) is 45.6. The van der Waals surface area contributed by atoms with Crippen LogP contribution in [-0.2, 0) is 20.9 Å². The number of hydrogen-bond acceptors (Lipinski definition) is 6. The van der Waals surface area contributed by atoms with Gasteiger partial charge in [-0.05, 0) is 55.5 Å². The Balaban J connectivity index is 1.55. The molecule has 8 heteroatoms. The minimum absolute atomic E-state index is 0.0254. The monoisotopic (exact) mass is 459 g/mol. The smallest absolute Gasteiger partial charge is 0.338 e. The summed E-state index contributed by atoms with van der Waals surface area (Å²) in [5, 5.41) is 10.4. The van der Waals surface area contributed by atoms with Crippen molar-refractivity contribution in [1.29, 1.82) is 0 Å². The number of aromatic nitrogens is 1. The Morgan fingerprint density at radius 2 is 1.82 bits per heavy atom. The molecule has 1 unspecified atom stereocenters. The van der Waals surface area contributed by atoms with Crippen molar-refractivity contribution in [3.63, 3.8) is 0 Å². The number of phenolic OH excluding ortho intramolecular Hbond substituents is 1. The Morgan fingerprint density at radius 3 is 2.50 bits per heavy atom. The van der Waals surface area contributed by atoms with Gasteiger partial charge >= 0.3 is 5.97 Å². The number of carbonyl (C=O) groups is 3. The zero-order valence-electron chi connectivity index (χ0n) is 18.8. The van der Waals surface area contributed by atoms with Crippen LogP contribution < -0.4 is 9.80 Å². The van der Waals surface area contributed by atoms with Crippen molar-refractivity contribution in [3.8, 4) is 5.75 Å². The third-order valence-corrected chi connectivity index (χ3v) is 5.65. The summed E-state index contributed by atoms with van der Waals surface area (Å²) < 4.78 is 4.99. The molecule has 2 heterocycles. The zero-order valence-corrected chi connectivity index (χ0v) is 18.8. The fourth-order valence-corrected chi connectivity index (χ4v) is 3.96. The van der Waals surface area contributed by atoms with E-state index in [-0.39, 0.29) is 43.7 Å². The summed E-state index contributed by atoms with van der Waals surface area (Å²) in [5.74, 6) is -1.51. The summed E-state index contributed by atoms with van der Waals surface area (Å²) in [6, 6.07) is 18.6. The van der Waals surface area contributed by atoms with E-state index in [1.165, 1.54) is 11.0 Å². The van der Waals surface area contributed by atoms with Gasteiger partial charge in [0.05, 0.1) is 36.0 Å². The summed E-state index contributed by atoms with van der Waals surface area (Å²) in [5.41, 5.74) is 2.02.